The van der Waals surface area contributed by atoms with Gasteiger partial charge in [-0.05, 0) is 38.0 Å². The van der Waals surface area contributed by atoms with Gasteiger partial charge in [-0.25, -0.2) is 0 Å². The van der Waals surface area contributed by atoms with E-state index in [-0.39, 0.29) is 5.60 Å². The van der Waals surface area contributed by atoms with Crippen molar-refractivity contribution in [2.75, 3.05) is 7.11 Å². The highest BCUT2D eigenvalue weighted by molar-refractivity contribution is 4.95. The molecule has 0 heterocycles. The van der Waals surface area contributed by atoms with Crippen LogP contribution < -0.4 is 11.3 Å². The van der Waals surface area contributed by atoms with E-state index in [0.29, 0.717) is 6.04 Å². The molecule has 0 amide bonds. The fourth-order valence-electron chi connectivity index (χ4n) is 2.85. The Morgan fingerprint density at radius 3 is 2.50 bits per heavy atom. The van der Waals surface area contributed by atoms with E-state index in [1.807, 2.05) is 7.11 Å². The van der Waals surface area contributed by atoms with Gasteiger partial charge in [0.25, 0.3) is 0 Å². The Hall–Kier alpha value is -0.120. The Morgan fingerprint density at radius 2 is 2.06 bits per heavy atom. The summed E-state index contributed by atoms with van der Waals surface area (Å²) in [4.78, 5) is 0. The third-order valence-corrected chi connectivity index (χ3v) is 4.21. The summed E-state index contributed by atoms with van der Waals surface area (Å²) in [6, 6.07) is 0.310. The zero-order chi connectivity index (χ0) is 12.0. The number of ether oxygens (including phenoxy) is 1. The van der Waals surface area contributed by atoms with Crippen LogP contribution in [-0.2, 0) is 4.74 Å². The van der Waals surface area contributed by atoms with Gasteiger partial charge in [0.15, 0.2) is 0 Å². The maximum absolute atomic E-state index is 5.83. The molecule has 0 bridgehead atoms. The number of unbranched alkanes of at least 4 members (excludes halogenated alkanes) is 1. The first-order chi connectivity index (χ1) is 7.68. The van der Waals surface area contributed by atoms with Crippen LogP contribution in [0.25, 0.3) is 0 Å². The number of methoxy groups -OCH3 is 1. The molecule has 1 atom stereocenters. The quantitative estimate of drug-likeness (QED) is 0.542. The molecule has 3 heteroatoms. The summed E-state index contributed by atoms with van der Waals surface area (Å²) < 4.78 is 5.83. The van der Waals surface area contributed by atoms with Gasteiger partial charge >= 0.3 is 0 Å². The highest BCUT2D eigenvalue weighted by atomic mass is 16.5. The Kier molecular flexibility index (Phi) is 5.73. The summed E-state index contributed by atoms with van der Waals surface area (Å²) in [7, 11) is 1.84. The van der Waals surface area contributed by atoms with Gasteiger partial charge in [0.05, 0.1) is 11.6 Å². The second-order valence-corrected chi connectivity index (χ2v) is 5.31. The molecule has 1 aliphatic rings. The van der Waals surface area contributed by atoms with Crippen LogP contribution in [0.5, 0.6) is 0 Å². The first-order valence-corrected chi connectivity index (χ1v) is 6.69. The van der Waals surface area contributed by atoms with E-state index in [4.69, 9.17) is 10.6 Å². The fraction of sp³-hybridized carbons (Fsp3) is 1.00. The van der Waals surface area contributed by atoms with Crippen LogP contribution in [0, 0.1) is 5.92 Å². The SMILES string of the molecule is CCCCC(NN)C1(OC)CCC(C)CC1. The summed E-state index contributed by atoms with van der Waals surface area (Å²) in [5, 5.41) is 0. The van der Waals surface area contributed by atoms with E-state index in [1.54, 1.807) is 0 Å². The average molecular weight is 228 g/mol. The number of hydrazine groups is 1. The van der Waals surface area contributed by atoms with Gasteiger partial charge in [-0.2, -0.15) is 0 Å². The number of nitrogens with one attached hydrogen (secondary N) is 1. The average Bonchev–Trinajstić information content (AvgIpc) is 2.32. The maximum atomic E-state index is 5.83. The third-order valence-electron chi connectivity index (χ3n) is 4.21. The molecular formula is C13H28N2O. The Balaban J connectivity index is 2.61. The normalized spacial score (nSPS) is 32.6. The predicted octanol–water partition coefficient (Wildman–Crippen LogP) is 2.60. The first kappa shape index (κ1) is 13.9. The van der Waals surface area contributed by atoms with Gasteiger partial charge in [-0.3, -0.25) is 11.3 Å². The van der Waals surface area contributed by atoms with Crippen LogP contribution in [0.4, 0.5) is 0 Å². The predicted molar refractivity (Wildman–Crippen MR) is 68.0 cm³/mol. The smallest absolute Gasteiger partial charge is 0.0844 e. The van der Waals surface area contributed by atoms with E-state index < -0.39 is 0 Å². The van der Waals surface area contributed by atoms with Gasteiger partial charge in [-0.1, -0.05) is 26.7 Å². The van der Waals surface area contributed by atoms with Gasteiger partial charge in [0.2, 0.25) is 0 Å². The Bertz CT molecular complexity index is 188. The van der Waals surface area contributed by atoms with Crippen LogP contribution >= 0.6 is 0 Å². The van der Waals surface area contributed by atoms with E-state index >= 15 is 0 Å². The molecule has 1 aliphatic carbocycles. The number of hydrogen-bond donors (Lipinski definition) is 2. The zero-order valence-corrected chi connectivity index (χ0v) is 11.1. The molecule has 96 valence electrons. The van der Waals surface area contributed by atoms with Crippen LogP contribution in [0.15, 0.2) is 0 Å². The number of nitrogens with two attached hydrogens (primary N) is 1. The lowest BCUT2D eigenvalue weighted by molar-refractivity contribution is -0.0769. The molecule has 0 radical (unpaired) electrons. The van der Waals surface area contributed by atoms with E-state index in [1.165, 1.54) is 25.7 Å². The minimum atomic E-state index is -0.0174. The topological polar surface area (TPSA) is 47.3 Å². The van der Waals surface area contributed by atoms with Crippen LogP contribution in [0.1, 0.15) is 58.8 Å². The van der Waals surface area contributed by atoms with Crippen molar-refractivity contribution in [3.05, 3.63) is 0 Å². The van der Waals surface area contributed by atoms with Crippen LogP contribution in [-0.4, -0.2) is 18.8 Å². The second kappa shape index (κ2) is 6.58. The molecule has 0 spiro atoms. The molecule has 16 heavy (non-hydrogen) atoms. The lowest BCUT2D eigenvalue weighted by atomic mass is 9.74. The van der Waals surface area contributed by atoms with Crippen LogP contribution in [0.3, 0.4) is 0 Å². The zero-order valence-electron chi connectivity index (χ0n) is 11.1. The molecule has 0 saturated heterocycles. The summed E-state index contributed by atoms with van der Waals surface area (Å²) in [6.45, 7) is 4.55. The van der Waals surface area contributed by atoms with Gasteiger partial charge in [0, 0.05) is 7.11 Å². The molecular weight excluding hydrogens is 200 g/mol. The van der Waals surface area contributed by atoms with E-state index in [0.717, 1.165) is 25.2 Å². The summed E-state index contributed by atoms with van der Waals surface area (Å²) in [5.74, 6) is 6.55. The third kappa shape index (κ3) is 3.19. The Morgan fingerprint density at radius 1 is 1.44 bits per heavy atom. The lowest BCUT2D eigenvalue weighted by Crippen LogP contribution is -2.56. The molecule has 0 aromatic rings. The number of hydrogen-bond acceptors (Lipinski definition) is 3. The summed E-state index contributed by atoms with van der Waals surface area (Å²) >= 11 is 0. The minimum absolute atomic E-state index is 0.0174. The van der Waals surface area contributed by atoms with Crippen molar-refractivity contribution >= 4 is 0 Å². The molecule has 0 aromatic carbocycles. The largest absolute Gasteiger partial charge is 0.377 e. The molecule has 3 N–H and O–H groups in total. The fourth-order valence-corrected chi connectivity index (χ4v) is 2.85. The molecule has 1 saturated carbocycles. The molecule has 1 rings (SSSR count). The van der Waals surface area contributed by atoms with Gasteiger partial charge < -0.3 is 4.74 Å². The summed E-state index contributed by atoms with van der Waals surface area (Å²) in [6.07, 6.45) is 8.36. The molecule has 1 unspecified atom stereocenters. The molecule has 3 nitrogen and oxygen atoms in total. The Labute approximate surface area is 100 Å². The highest BCUT2D eigenvalue weighted by Crippen LogP contribution is 2.37. The second-order valence-electron chi connectivity index (χ2n) is 5.31. The van der Waals surface area contributed by atoms with Gasteiger partial charge in [-0.15, -0.1) is 0 Å². The summed E-state index contributed by atoms with van der Waals surface area (Å²) in [5.41, 5.74) is 2.97. The highest BCUT2D eigenvalue weighted by Gasteiger charge is 2.40. The van der Waals surface area contributed by atoms with Gasteiger partial charge in [0.1, 0.15) is 0 Å². The maximum Gasteiger partial charge on any atom is 0.0844 e. The van der Waals surface area contributed by atoms with E-state index in [2.05, 4.69) is 19.3 Å². The van der Waals surface area contributed by atoms with Crippen molar-refractivity contribution in [2.24, 2.45) is 11.8 Å². The monoisotopic (exact) mass is 228 g/mol. The molecule has 0 aliphatic heterocycles. The van der Waals surface area contributed by atoms with Crippen molar-refractivity contribution in [1.82, 2.24) is 5.43 Å². The van der Waals surface area contributed by atoms with Crippen molar-refractivity contribution in [1.29, 1.82) is 0 Å². The van der Waals surface area contributed by atoms with Crippen molar-refractivity contribution < 1.29 is 4.74 Å². The standard InChI is InChI=1S/C13H28N2O/c1-4-5-6-12(15-14)13(16-3)9-7-11(2)8-10-13/h11-12,15H,4-10,14H2,1-3H3. The molecule has 0 aromatic heterocycles. The van der Waals surface area contributed by atoms with Crippen molar-refractivity contribution in [2.45, 2.75) is 70.4 Å². The lowest BCUT2D eigenvalue weighted by Gasteiger charge is -2.43. The first-order valence-electron chi connectivity index (χ1n) is 6.69. The van der Waals surface area contributed by atoms with E-state index in [9.17, 15) is 0 Å². The van der Waals surface area contributed by atoms with Crippen molar-refractivity contribution in [3.8, 4) is 0 Å². The van der Waals surface area contributed by atoms with Crippen LogP contribution in [0.2, 0.25) is 0 Å². The number of rotatable bonds is 6. The minimum Gasteiger partial charge on any atom is -0.377 e. The van der Waals surface area contributed by atoms with Crippen molar-refractivity contribution in [3.63, 3.8) is 0 Å². The molecule has 1 fully saturated rings.